The first kappa shape index (κ1) is 15.7. The van der Waals surface area contributed by atoms with Crippen molar-refractivity contribution in [1.29, 1.82) is 0 Å². The average molecular weight is 317 g/mol. The number of likely N-dealkylation sites (N-methyl/N-ethyl adjacent to an activating group) is 1. The van der Waals surface area contributed by atoms with Crippen LogP contribution in [-0.4, -0.2) is 18.5 Å². The number of fused-ring (bicyclic) bond motifs is 2. The topological polar surface area (TPSA) is 3.24 Å². The Morgan fingerprint density at radius 2 is 1.58 bits per heavy atom. The number of hydrogen-bond donors (Lipinski definition) is 0. The molecule has 24 heavy (non-hydrogen) atoms. The van der Waals surface area contributed by atoms with Crippen LogP contribution in [0.4, 0.5) is 0 Å². The van der Waals surface area contributed by atoms with Gasteiger partial charge in [-0.2, -0.15) is 0 Å². The number of rotatable bonds is 5. The SMILES string of the molecule is CN(C/C=C/c1ccccc1)Cc1c2c(cc3c1CCC3)CCC2. The van der Waals surface area contributed by atoms with Gasteiger partial charge in [0.05, 0.1) is 0 Å². The molecule has 2 aromatic rings. The first-order valence-corrected chi connectivity index (χ1v) is 9.37. The highest BCUT2D eigenvalue weighted by Gasteiger charge is 2.24. The summed E-state index contributed by atoms with van der Waals surface area (Å²) in [5, 5.41) is 0. The lowest BCUT2D eigenvalue weighted by atomic mass is 9.94. The summed E-state index contributed by atoms with van der Waals surface area (Å²) in [5.41, 5.74) is 9.64. The van der Waals surface area contributed by atoms with Crippen molar-refractivity contribution in [2.75, 3.05) is 13.6 Å². The largest absolute Gasteiger partial charge is 0.298 e. The fourth-order valence-electron chi connectivity index (χ4n) is 4.39. The molecule has 0 unspecified atom stereocenters. The standard InChI is InChI=1S/C23H27N/c1-24(15-7-10-18-8-3-2-4-9-18)17-23-21-13-5-11-19(21)16-20-12-6-14-22(20)23/h2-4,7-10,16H,5-6,11-15,17H2,1H3/b10-7+. The Hall–Kier alpha value is -1.86. The van der Waals surface area contributed by atoms with Crippen molar-refractivity contribution < 1.29 is 0 Å². The van der Waals surface area contributed by atoms with Crippen LogP contribution in [0.5, 0.6) is 0 Å². The van der Waals surface area contributed by atoms with E-state index in [1.165, 1.54) is 44.1 Å². The Morgan fingerprint density at radius 3 is 2.25 bits per heavy atom. The minimum Gasteiger partial charge on any atom is -0.298 e. The van der Waals surface area contributed by atoms with Gasteiger partial charge in [-0.05, 0) is 79.0 Å². The Kier molecular flexibility index (Phi) is 4.53. The van der Waals surface area contributed by atoms with E-state index in [9.17, 15) is 0 Å². The summed E-state index contributed by atoms with van der Waals surface area (Å²) >= 11 is 0. The highest BCUT2D eigenvalue weighted by molar-refractivity contribution is 5.51. The summed E-state index contributed by atoms with van der Waals surface area (Å²) in [5.74, 6) is 0. The maximum Gasteiger partial charge on any atom is 0.0239 e. The van der Waals surface area contributed by atoms with Crippen LogP contribution in [0.3, 0.4) is 0 Å². The molecule has 0 aliphatic heterocycles. The molecule has 0 heterocycles. The molecule has 0 saturated carbocycles. The Balaban J connectivity index is 1.48. The van der Waals surface area contributed by atoms with E-state index in [2.05, 4.69) is 60.5 Å². The van der Waals surface area contributed by atoms with Crippen LogP contribution in [0.1, 0.15) is 46.2 Å². The van der Waals surface area contributed by atoms with Gasteiger partial charge in [0.2, 0.25) is 0 Å². The van der Waals surface area contributed by atoms with E-state index in [1.807, 2.05) is 0 Å². The average Bonchev–Trinajstić information content (AvgIpc) is 3.24. The van der Waals surface area contributed by atoms with E-state index in [1.54, 1.807) is 27.8 Å². The lowest BCUT2D eigenvalue weighted by Crippen LogP contribution is -2.20. The maximum atomic E-state index is 2.53. The molecule has 2 aliphatic carbocycles. The zero-order chi connectivity index (χ0) is 16.4. The normalized spacial score (nSPS) is 16.1. The zero-order valence-electron chi connectivity index (χ0n) is 14.7. The van der Waals surface area contributed by atoms with Gasteiger partial charge in [-0.25, -0.2) is 0 Å². The Morgan fingerprint density at radius 1 is 0.917 bits per heavy atom. The Labute approximate surface area is 146 Å². The molecule has 0 saturated heterocycles. The van der Waals surface area contributed by atoms with Crippen LogP contribution in [0.25, 0.3) is 6.08 Å². The van der Waals surface area contributed by atoms with E-state index in [4.69, 9.17) is 0 Å². The van der Waals surface area contributed by atoms with Gasteiger partial charge in [0, 0.05) is 13.1 Å². The lowest BCUT2D eigenvalue weighted by molar-refractivity contribution is 0.361. The highest BCUT2D eigenvalue weighted by atomic mass is 15.1. The third-order valence-electron chi connectivity index (χ3n) is 5.55. The van der Waals surface area contributed by atoms with Gasteiger partial charge >= 0.3 is 0 Å². The van der Waals surface area contributed by atoms with Crippen LogP contribution in [0, 0.1) is 0 Å². The first-order chi connectivity index (χ1) is 11.8. The highest BCUT2D eigenvalue weighted by Crippen LogP contribution is 2.35. The van der Waals surface area contributed by atoms with Crippen molar-refractivity contribution in [3.05, 3.63) is 75.9 Å². The molecule has 2 aromatic carbocycles. The van der Waals surface area contributed by atoms with Crippen molar-refractivity contribution in [3.63, 3.8) is 0 Å². The van der Waals surface area contributed by atoms with E-state index in [0.717, 1.165) is 13.1 Å². The number of nitrogens with zero attached hydrogens (tertiary/aromatic N) is 1. The van der Waals surface area contributed by atoms with Crippen LogP contribution in [-0.2, 0) is 32.2 Å². The fourth-order valence-corrected chi connectivity index (χ4v) is 4.39. The van der Waals surface area contributed by atoms with Gasteiger partial charge < -0.3 is 0 Å². The Bertz CT molecular complexity index is 710. The van der Waals surface area contributed by atoms with Crippen molar-refractivity contribution in [2.24, 2.45) is 0 Å². The molecule has 1 heteroatoms. The molecule has 2 aliphatic rings. The third kappa shape index (κ3) is 3.18. The molecule has 0 N–H and O–H groups in total. The molecule has 0 fully saturated rings. The number of hydrogen-bond acceptors (Lipinski definition) is 1. The second-order valence-corrected chi connectivity index (χ2v) is 7.35. The van der Waals surface area contributed by atoms with Crippen molar-refractivity contribution in [2.45, 2.75) is 45.1 Å². The van der Waals surface area contributed by atoms with E-state index >= 15 is 0 Å². The molecule has 4 rings (SSSR count). The molecule has 0 bridgehead atoms. The molecule has 0 aromatic heterocycles. The summed E-state index contributed by atoms with van der Waals surface area (Å²) in [6.45, 7) is 2.11. The second-order valence-electron chi connectivity index (χ2n) is 7.35. The predicted octanol–water partition coefficient (Wildman–Crippen LogP) is 4.81. The van der Waals surface area contributed by atoms with Crippen molar-refractivity contribution in [3.8, 4) is 0 Å². The zero-order valence-corrected chi connectivity index (χ0v) is 14.7. The van der Waals surface area contributed by atoms with E-state index in [0.29, 0.717) is 0 Å². The molecular weight excluding hydrogens is 290 g/mol. The minimum absolute atomic E-state index is 1.01. The molecule has 124 valence electrons. The van der Waals surface area contributed by atoms with Gasteiger partial charge in [-0.15, -0.1) is 0 Å². The number of benzene rings is 2. The summed E-state index contributed by atoms with van der Waals surface area (Å²) in [6, 6.07) is 13.1. The van der Waals surface area contributed by atoms with Crippen molar-refractivity contribution >= 4 is 6.08 Å². The monoisotopic (exact) mass is 317 g/mol. The summed E-state index contributed by atoms with van der Waals surface area (Å²) in [7, 11) is 2.25. The summed E-state index contributed by atoms with van der Waals surface area (Å²) in [6.07, 6.45) is 12.4. The molecule has 0 atom stereocenters. The minimum atomic E-state index is 1.01. The van der Waals surface area contributed by atoms with Crippen LogP contribution in [0.15, 0.2) is 42.5 Å². The smallest absolute Gasteiger partial charge is 0.0239 e. The van der Waals surface area contributed by atoms with Gasteiger partial charge in [-0.3, -0.25) is 4.90 Å². The molecule has 0 amide bonds. The van der Waals surface area contributed by atoms with Gasteiger partial charge in [0.25, 0.3) is 0 Å². The van der Waals surface area contributed by atoms with Gasteiger partial charge in [-0.1, -0.05) is 48.6 Å². The summed E-state index contributed by atoms with van der Waals surface area (Å²) < 4.78 is 0. The fraction of sp³-hybridized carbons (Fsp3) is 0.391. The summed E-state index contributed by atoms with van der Waals surface area (Å²) in [4.78, 5) is 2.46. The van der Waals surface area contributed by atoms with Crippen LogP contribution >= 0.6 is 0 Å². The van der Waals surface area contributed by atoms with Crippen LogP contribution < -0.4 is 0 Å². The van der Waals surface area contributed by atoms with Crippen LogP contribution in [0.2, 0.25) is 0 Å². The van der Waals surface area contributed by atoms with Gasteiger partial charge in [0.15, 0.2) is 0 Å². The number of aryl methyl sites for hydroxylation is 2. The molecular formula is C23H27N. The quantitative estimate of drug-likeness (QED) is 0.765. The molecule has 1 nitrogen and oxygen atoms in total. The third-order valence-corrected chi connectivity index (χ3v) is 5.55. The maximum absolute atomic E-state index is 2.53. The van der Waals surface area contributed by atoms with E-state index in [-0.39, 0.29) is 0 Å². The lowest BCUT2D eigenvalue weighted by Gasteiger charge is -2.21. The van der Waals surface area contributed by atoms with E-state index < -0.39 is 0 Å². The first-order valence-electron chi connectivity index (χ1n) is 9.37. The molecule has 0 radical (unpaired) electrons. The predicted molar refractivity (Wildman–Crippen MR) is 102 cm³/mol. The second kappa shape index (κ2) is 6.94. The van der Waals surface area contributed by atoms with Crippen molar-refractivity contribution in [1.82, 2.24) is 4.90 Å². The molecule has 0 spiro atoms. The van der Waals surface area contributed by atoms with Gasteiger partial charge in [0.1, 0.15) is 0 Å².